The summed E-state index contributed by atoms with van der Waals surface area (Å²) in [4.78, 5) is 14.7. The molecule has 0 N–H and O–H groups in total. The van der Waals surface area contributed by atoms with Crippen LogP contribution in [0.15, 0.2) is 17.0 Å². The van der Waals surface area contributed by atoms with Crippen LogP contribution in [0, 0.1) is 0 Å². The summed E-state index contributed by atoms with van der Waals surface area (Å²) in [6, 6.07) is 0. The molecule has 0 amide bonds. The highest BCUT2D eigenvalue weighted by Gasteiger charge is 2.28. The predicted molar refractivity (Wildman–Crippen MR) is 41.9 cm³/mol. The molecule has 1 aromatic heterocycles. The van der Waals surface area contributed by atoms with Crippen molar-refractivity contribution in [3.05, 3.63) is 18.4 Å². The number of methoxy groups -OCH3 is 1. The molecule has 0 saturated carbocycles. The van der Waals surface area contributed by atoms with Crippen molar-refractivity contribution in [2.45, 2.75) is 18.8 Å². The SMILES string of the molecule is COC(=O)C(CC(F)F)c1cnco1. The van der Waals surface area contributed by atoms with E-state index < -0.39 is 24.7 Å². The second kappa shape index (κ2) is 4.69. The molecule has 78 valence electrons. The molecule has 0 saturated heterocycles. The van der Waals surface area contributed by atoms with Crippen LogP contribution in [0.1, 0.15) is 18.1 Å². The summed E-state index contributed by atoms with van der Waals surface area (Å²) in [6.07, 6.45) is -0.910. The Kier molecular flexibility index (Phi) is 3.55. The third-order valence-electron chi connectivity index (χ3n) is 1.69. The number of hydrogen-bond acceptors (Lipinski definition) is 4. The van der Waals surface area contributed by atoms with E-state index in [0.29, 0.717) is 0 Å². The number of oxazole rings is 1. The van der Waals surface area contributed by atoms with Gasteiger partial charge in [-0.05, 0) is 0 Å². The van der Waals surface area contributed by atoms with E-state index in [4.69, 9.17) is 4.42 Å². The Labute approximate surface area is 78.9 Å². The molecular weight excluding hydrogens is 196 g/mol. The third kappa shape index (κ3) is 2.51. The van der Waals surface area contributed by atoms with Crippen molar-refractivity contribution in [3.8, 4) is 0 Å². The fourth-order valence-electron chi connectivity index (χ4n) is 1.05. The van der Waals surface area contributed by atoms with Gasteiger partial charge in [0.15, 0.2) is 6.39 Å². The van der Waals surface area contributed by atoms with E-state index in [1.54, 1.807) is 0 Å². The maximum atomic E-state index is 12.1. The minimum Gasteiger partial charge on any atom is -0.468 e. The topological polar surface area (TPSA) is 52.3 Å². The molecular formula is C8H9F2NO3. The number of rotatable bonds is 4. The molecule has 0 fully saturated rings. The van der Waals surface area contributed by atoms with Crippen LogP contribution in [0.2, 0.25) is 0 Å². The van der Waals surface area contributed by atoms with Gasteiger partial charge in [-0.3, -0.25) is 4.79 Å². The summed E-state index contributed by atoms with van der Waals surface area (Å²) < 4.78 is 33.4. The molecule has 4 nitrogen and oxygen atoms in total. The van der Waals surface area contributed by atoms with Crippen molar-refractivity contribution in [1.29, 1.82) is 0 Å². The van der Waals surface area contributed by atoms with Gasteiger partial charge in [0.2, 0.25) is 6.43 Å². The van der Waals surface area contributed by atoms with E-state index in [2.05, 4.69) is 9.72 Å². The number of carbonyl (C=O) groups excluding carboxylic acids is 1. The normalized spacial score (nSPS) is 12.9. The first-order chi connectivity index (χ1) is 6.65. The first-order valence-corrected chi connectivity index (χ1v) is 3.89. The van der Waals surface area contributed by atoms with Crippen molar-refractivity contribution < 1.29 is 22.7 Å². The molecule has 0 aliphatic rings. The van der Waals surface area contributed by atoms with E-state index in [1.807, 2.05) is 0 Å². The van der Waals surface area contributed by atoms with Gasteiger partial charge in [-0.25, -0.2) is 13.8 Å². The van der Waals surface area contributed by atoms with E-state index in [-0.39, 0.29) is 5.76 Å². The highest BCUT2D eigenvalue weighted by atomic mass is 19.3. The maximum Gasteiger partial charge on any atom is 0.316 e. The lowest BCUT2D eigenvalue weighted by Gasteiger charge is -2.10. The van der Waals surface area contributed by atoms with E-state index in [1.165, 1.54) is 6.20 Å². The van der Waals surface area contributed by atoms with Crippen LogP contribution in [0.3, 0.4) is 0 Å². The Balaban J connectivity index is 2.77. The number of aromatic nitrogens is 1. The van der Waals surface area contributed by atoms with Crippen LogP contribution in [0.25, 0.3) is 0 Å². The van der Waals surface area contributed by atoms with Crippen LogP contribution in [0.5, 0.6) is 0 Å². The second-order valence-electron chi connectivity index (χ2n) is 2.61. The van der Waals surface area contributed by atoms with Crippen molar-refractivity contribution >= 4 is 5.97 Å². The lowest BCUT2D eigenvalue weighted by Crippen LogP contribution is -2.16. The van der Waals surface area contributed by atoms with Gasteiger partial charge in [-0.15, -0.1) is 0 Å². The number of hydrogen-bond donors (Lipinski definition) is 0. The van der Waals surface area contributed by atoms with E-state index in [9.17, 15) is 13.6 Å². The largest absolute Gasteiger partial charge is 0.468 e. The van der Waals surface area contributed by atoms with Crippen LogP contribution in [-0.2, 0) is 9.53 Å². The third-order valence-corrected chi connectivity index (χ3v) is 1.69. The second-order valence-corrected chi connectivity index (χ2v) is 2.61. The molecule has 0 bridgehead atoms. The average Bonchev–Trinajstić information content (AvgIpc) is 2.65. The lowest BCUT2D eigenvalue weighted by atomic mass is 10.0. The quantitative estimate of drug-likeness (QED) is 0.700. The molecule has 0 spiro atoms. The predicted octanol–water partition coefficient (Wildman–Crippen LogP) is 1.59. The van der Waals surface area contributed by atoms with Gasteiger partial charge in [-0.1, -0.05) is 0 Å². The van der Waals surface area contributed by atoms with Gasteiger partial charge in [0, 0.05) is 6.42 Å². The first-order valence-electron chi connectivity index (χ1n) is 3.89. The molecule has 0 aliphatic carbocycles. The minimum absolute atomic E-state index is 0.0946. The Morgan fingerprint density at radius 1 is 1.71 bits per heavy atom. The molecule has 14 heavy (non-hydrogen) atoms. The number of halogens is 2. The van der Waals surface area contributed by atoms with Crippen LogP contribution in [-0.4, -0.2) is 24.5 Å². The highest BCUT2D eigenvalue weighted by Crippen LogP contribution is 2.23. The van der Waals surface area contributed by atoms with Crippen LogP contribution >= 0.6 is 0 Å². The zero-order valence-electron chi connectivity index (χ0n) is 7.44. The van der Waals surface area contributed by atoms with E-state index >= 15 is 0 Å². The monoisotopic (exact) mass is 205 g/mol. The van der Waals surface area contributed by atoms with Gasteiger partial charge >= 0.3 is 5.97 Å². The number of carbonyl (C=O) groups is 1. The van der Waals surface area contributed by atoms with Crippen molar-refractivity contribution in [1.82, 2.24) is 4.98 Å². The zero-order chi connectivity index (χ0) is 10.6. The van der Waals surface area contributed by atoms with Gasteiger partial charge in [0.05, 0.1) is 13.3 Å². The fraction of sp³-hybridized carbons (Fsp3) is 0.500. The van der Waals surface area contributed by atoms with Gasteiger partial charge in [0.1, 0.15) is 11.7 Å². The summed E-state index contributed by atoms with van der Waals surface area (Å²) >= 11 is 0. The fourth-order valence-corrected chi connectivity index (χ4v) is 1.05. The number of esters is 1. The highest BCUT2D eigenvalue weighted by molar-refractivity contribution is 5.77. The summed E-state index contributed by atoms with van der Waals surface area (Å²) in [7, 11) is 1.14. The smallest absolute Gasteiger partial charge is 0.316 e. The van der Waals surface area contributed by atoms with Gasteiger partial charge in [-0.2, -0.15) is 0 Å². The summed E-state index contributed by atoms with van der Waals surface area (Å²) in [5.74, 6) is -1.73. The van der Waals surface area contributed by atoms with Crippen molar-refractivity contribution in [3.63, 3.8) is 0 Å². The lowest BCUT2D eigenvalue weighted by molar-refractivity contribution is -0.144. The number of alkyl halides is 2. The Morgan fingerprint density at radius 2 is 2.43 bits per heavy atom. The van der Waals surface area contributed by atoms with Gasteiger partial charge < -0.3 is 9.15 Å². The molecule has 0 aromatic carbocycles. The van der Waals surface area contributed by atoms with Crippen LogP contribution < -0.4 is 0 Å². The van der Waals surface area contributed by atoms with Crippen LogP contribution in [0.4, 0.5) is 8.78 Å². The molecule has 1 rings (SSSR count). The Bertz CT molecular complexity index is 287. The molecule has 1 atom stereocenters. The zero-order valence-corrected chi connectivity index (χ0v) is 7.44. The molecule has 0 radical (unpaired) electrons. The molecule has 0 aliphatic heterocycles. The number of nitrogens with zero attached hydrogens (tertiary/aromatic N) is 1. The number of ether oxygens (including phenoxy) is 1. The van der Waals surface area contributed by atoms with Crippen molar-refractivity contribution in [2.75, 3.05) is 7.11 Å². The molecule has 6 heteroatoms. The Morgan fingerprint density at radius 3 is 2.86 bits per heavy atom. The summed E-state index contributed by atoms with van der Waals surface area (Å²) in [6.45, 7) is 0. The minimum atomic E-state index is -2.59. The maximum absolute atomic E-state index is 12.1. The average molecular weight is 205 g/mol. The Hall–Kier alpha value is -1.46. The van der Waals surface area contributed by atoms with Gasteiger partial charge in [0.25, 0.3) is 0 Å². The van der Waals surface area contributed by atoms with E-state index in [0.717, 1.165) is 13.5 Å². The standard InChI is InChI=1S/C8H9F2NO3/c1-13-8(12)5(2-7(9)10)6-3-11-4-14-6/h3-5,7H,2H2,1H3. The first kappa shape index (κ1) is 10.6. The summed E-state index contributed by atoms with van der Waals surface area (Å²) in [5.41, 5.74) is 0. The molecule has 1 aromatic rings. The summed E-state index contributed by atoms with van der Waals surface area (Å²) in [5, 5.41) is 0. The van der Waals surface area contributed by atoms with Crippen molar-refractivity contribution in [2.24, 2.45) is 0 Å². The molecule has 1 unspecified atom stereocenters. The molecule has 1 heterocycles.